The zero-order chi connectivity index (χ0) is 15.6. The molecule has 2 N–H and O–H groups in total. The highest BCUT2D eigenvalue weighted by atomic mass is 32.2. The summed E-state index contributed by atoms with van der Waals surface area (Å²) in [6, 6.07) is 2.41. The monoisotopic (exact) mass is 327 g/mol. The highest BCUT2D eigenvalue weighted by Gasteiger charge is 2.37. The highest BCUT2D eigenvalue weighted by molar-refractivity contribution is 7.89. The average molecular weight is 327 g/mol. The first-order valence-corrected chi connectivity index (χ1v) is 7.26. The van der Waals surface area contributed by atoms with Gasteiger partial charge in [0.2, 0.25) is 10.0 Å². The second-order valence-electron chi connectivity index (χ2n) is 3.76. The molecule has 0 aromatic carbocycles. The molecule has 0 aliphatic rings. The van der Waals surface area contributed by atoms with Crippen LogP contribution in [0.5, 0.6) is 0 Å². The van der Waals surface area contributed by atoms with Crippen LogP contribution in [0.4, 0.5) is 13.2 Å². The lowest BCUT2D eigenvalue weighted by atomic mass is 10.3. The van der Waals surface area contributed by atoms with Crippen molar-refractivity contribution < 1.29 is 21.6 Å². The Morgan fingerprint density at radius 3 is 2.55 bits per heavy atom. The van der Waals surface area contributed by atoms with Crippen LogP contribution in [0, 0.1) is 0 Å². The number of aromatic nitrogens is 1. The predicted octanol–water partition coefficient (Wildman–Crippen LogP) is 1.29. The third kappa shape index (κ3) is 3.87. The number of alkyl halides is 3. The first-order chi connectivity index (χ1) is 9.09. The normalized spacial score (nSPS) is 12.7. The minimum atomic E-state index is -4.64. The summed E-state index contributed by atoms with van der Waals surface area (Å²) < 4.78 is 62.0. The van der Waals surface area contributed by atoms with Gasteiger partial charge in [0, 0.05) is 12.7 Å². The van der Waals surface area contributed by atoms with Gasteiger partial charge in [0.05, 0.1) is 0 Å². The lowest BCUT2D eigenvalue weighted by Gasteiger charge is -2.22. The summed E-state index contributed by atoms with van der Waals surface area (Å²) in [6.07, 6.45) is -3.39. The number of nitrogens with two attached hydrogens (primary N) is 1. The summed E-state index contributed by atoms with van der Waals surface area (Å²) in [5.74, 6) is 0. The Kier molecular flexibility index (Phi) is 5.05. The molecule has 10 heteroatoms. The maximum atomic E-state index is 12.4. The van der Waals surface area contributed by atoms with Gasteiger partial charge in [0.1, 0.15) is 22.1 Å². The van der Waals surface area contributed by atoms with Crippen LogP contribution >= 0.6 is 12.2 Å². The van der Waals surface area contributed by atoms with Gasteiger partial charge in [-0.15, -0.1) is 0 Å². The molecule has 1 rings (SSSR count). The van der Waals surface area contributed by atoms with Gasteiger partial charge in [-0.2, -0.15) is 17.5 Å². The van der Waals surface area contributed by atoms with Crippen LogP contribution in [0.3, 0.4) is 0 Å². The van der Waals surface area contributed by atoms with Crippen LogP contribution in [-0.4, -0.2) is 42.0 Å². The van der Waals surface area contributed by atoms with Gasteiger partial charge in [0.15, 0.2) is 0 Å². The molecule has 0 atom stereocenters. The second kappa shape index (κ2) is 6.02. The first-order valence-electron chi connectivity index (χ1n) is 5.41. The van der Waals surface area contributed by atoms with Crippen LogP contribution in [0.1, 0.15) is 12.6 Å². The fraction of sp³-hybridized carbons (Fsp3) is 0.400. The van der Waals surface area contributed by atoms with E-state index in [0.717, 1.165) is 6.07 Å². The Morgan fingerprint density at radius 1 is 1.50 bits per heavy atom. The molecule has 0 amide bonds. The molecular weight excluding hydrogens is 315 g/mol. The summed E-state index contributed by atoms with van der Waals surface area (Å²) in [7, 11) is -4.38. The Labute approximate surface area is 119 Å². The van der Waals surface area contributed by atoms with Crippen molar-refractivity contribution in [3.8, 4) is 0 Å². The predicted molar refractivity (Wildman–Crippen MR) is 70.6 cm³/mol. The number of pyridine rings is 1. The van der Waals surface area contributed by atoms with Crippen LogP contribution in [0.25, 0.3) is 0 Å². The van der Waals surface area contributed by atoms with Crippen molar-refractivity contribution in [2.45, 2.75) is 18.0 Å². The highest BCUT2D eigenvalue weighted by Crippen LogP contribution is 2.23. The molecule has 0 spiro atoms. The van der Waals surface area contributed by atoms with E-state index in [1.165, 1.54) is 19.2 Å². The summed E-state index contributed by atoms with van der Waals surface area (Å²) in [6.45, 7) is -0.620. The molecule has 0 bridgehead atoms. The van der Waals surface area contributed by atoms with Gasteiger partial charge in [-0.05, 0) is 12.1 Å². The van der Waals surface area contributed by atoms with Crippen LogP contribution in [0.15, 0.2) is 23.2 Å². The van der Waals surface area contributed by atoms with Crippen LogP contribution in [0.2, 0.25) is 0 Å². The van der Waals surface area contributed by atoms with E-state index in [0.29, 0.717) is 4.31 Å². The van der Waals surface area contributed by atoms with Crippen molar-refractivity contribution in [3.05, 3.63) is 24.0 Å². The second-order valence-corrected chi connectivity index (χ2v) is 6.11. The van der Waals surface area contributed by atoms with Crippen molar-refractivity contribution in [3.63, 3.8) is 0 Å². The fourth-order valence-corrected chi connectivity index (χ4v) is 3.31. The Balaban J connectivity index is 3.32. The van der Waals surface area contributed by atoms with E-state index >= 15 is 0 Å². The van der Waals surface area contributed by atoms with E-state index in [2.05, 4.69) is 17.2 Å². The molecule has 0 aliphatic heterocycles. The molecule has 0 aliphatic carbocycles. The number of hydrogen-bond acceptors (Lipinski definition) is 4. The van der Waals surface area contributed by atoms with Gasteiger partial charge in [-0.3, -0.25) is 4.98 Å². The van der Waals surface area contributed by atoms with E-state index < -0.39 is 27.6 Å². The van der Waals surface area contributed by atoms with Gasteiger partial charge in [-0.25, -0.2) is 8.42 Å². The van der Waals surface area contributed by atoms with Crippen molar-refractivity contribution in [1.29, 1.82) is 0 Å². The molecular formula is C10H12F3N3O2S2. The summed E-state index contributed by atoms with van der Waals surface area (Å²) >= 11 is 4.66. The van der Waals surface area contributed by atoms with Crippen molar-refractivity contribution in [1.82, 2.24) is 9.29 Å². The van der Waals surface area contributed by atoms with Crippen molar-refractivity contribution in [2.75, 3.05) is 13.1 Å². The molecule has 0 saturated heterocycles. The smallest absolute Gasteiger partial charge is 0.388 e. The van der Waals surface area contributed by atoms with E-state index in [-0.39, 0.29) is 17.2 Å². The molecule has 20 heavy (non-hydrogen) atoms. The number of rotatable bonds is 5. The third-order valence-electron chi connectivity index (χ3n) is 2.33. The molecule has 0 unspecified atom stereocenters. The van der Waals surface area contributed by atoms with E-state index in [1.807, 2.05) is 0 Å². The number of thiocarbonyl (C=S) groups is 1. The maximum Gasteiger partial charge on any atom is 0.402 e. The molecule has 1 aromatic heterocycles. The number of sulfonamides is 1. The third-order valence-corrected chi connectivity index (χ3v) is 4.48. The zero-order valence-electron chi connectivity index (χ0n) is 10.4. The molecule has 112 valence electrons. The van der Waals surface area contributed by atoms with Gasteiger partial charge in [-0.1, -0.05) is 19.1 Å². The summed E-state index contributed by atoms with van der Waals surface area (Å²) in [5, 5.41) is 0. The summed E-state index contributed by atoms with van der Waals surface area (Å²) in [5.41, 5.74) is 5.12. The molecule has 5 nitrogen and oxygen atoms in total. The minimum absolute atomic E-state index is 0.219. The van der Waals surface area contributed by atoms with Crippen LogP contribution in [-0.2, 0) is 10.0 Å². The Hall–Kier alpha value is -1.26. The largest absolute Gasteiger partial charge is 0.402 e. The zero-order valence-corrected chi connectivity index (χ0v) is 12.0. The van der Waals surface area contributed by atoms with Gasteiger partial charge in [0.25, 0.3) is 0 Å². The standard InChI is InChI=1S/C10H12F3N3O2S2/c1-2-16(6-10(11,12)13)20(17,18)7-4-3-5-15-8(7)9(14)19/h3-5H,2,6H2,1H3,(H2,14,19). The molecule has 0 saturated carbocycles. The number of halogens is 3. The molecule has 1 aromatic rings. The maximum absolute atomic E-state index is 12.4. The van der Waals surface area contributed by atoms with E-state index in [9.17, 15) is 21.6 Å². The topological polar surface area (TPSA) is 76.3 Å². The lowest BCUT2D eigenvalue weighted by Crippen LogP contribution is -2.39. The molecule has 0 fully saturated rings. The van der Waals surface area contributed by atoms with Crippen molar-refractivity contribution >= 4 is 27.2 Å². The molecule has 1 heterocycles. The Morgan fingerprint density at radius 2 is 2.10 bits per heavy atom. The van der Waals surface area contributed by atoms with Crippen molar-refractivity contribution in [2.24, 2.45) is 5.73 Å². The van der Waals surface area contributed by atoms with Gasteiger partial charge < -0.3 is 5.73 Å². The average Bonchev–Trinajstić information content (AvgIpc) is 2.34. The SMILES string of the molecule is CCN(CC(F)(F)F)S(=O)(=O)c1cccnc1C(N)=S. The Bertz CT molecular complexity index is 602. The number of nitrogens with zero attached hydrogens (tertiary/aromatic N) is 2. The van der Waals surface area contributed by atoms with E-state index in [4.69, 9.17) is 5.73 Å². The minimum Gasteiger partial charge on any atom is -0.388 e. The molecule has 0 radical (unpaired) electrons. The van der Waals surface area contributed by atoms with Gasteiger partial charge >= 0.3 is 6.18 Å². The first kappa shape index (κ1) is 16.8. The number of hydrogen-bond donors (Lipinski definition) is 1. The van der Waals surface area contributed by atoms with Crippen LogP contribution < -0.4 is 5.73 Å². The van der Waals surface area contributed by atoms with E-state index in [1.54, 1.807) is 0 Å². The fourth-order valence-electron chi connectivity index (χ4n) is 1.49. The lowest BCUT2D eigenvalue weighted by molar-refractivity contribution is -0.135. The summed E-state index contributed by atoms with van der Waals surface area (Å²) in [4.78, 5) is 2.97. The quantitative estimate of drug-likeness (QED) is 0.825.